The molecule has 1 saturated heterocycles. The van der Waals surface area contributed by atoms with E-state index in [-0.39, 0.29) is 10.6 Å². The van der Waals surface area contributed by atoms with E-state index in [4.69, 9.17) is 0 Å². The fraction of sp³-hybridized carbons (Fsp3) is 0.467. The molecule has 1 fully saturated rings. The summed E-state index contributed by atoms with van der Waals surface area (Å²) in [5.41, 5.74) is 0.850. The summed E-state index contributed by atoms with van der Waals surface area (Å²) in [5, 5.41) is 10.9. The second kappa shape index (κ2) is 6.48. The third kappa shape index (κ3) is 3.89. The van der Waals surface area contributed by atoms with Crippen LogP contribution in [0.1, 0.15) is 25.3 Å². The molecule has 0 saturated carbocycles. The number of nitro groups is 1. The second-order valence-corrected chi connectivity index (χ2v) is 5.23. The van der Waals surface area contributed by atoms with Crippen molar-refractivity contribution in [1.82, 2.24) is 4.90 Å². The van der Waals surface area contributed by atoms with Gasteiger partial charge in [0.15, 0.2) is 0 Å². The predicted octanol–water partition coefficient (Wildman–Crippen LogP) is 3.34. The van der Waals surface area contributed by atoms with E-state index in [0.717, 1.165) is 25.6 Å². The molecule has 0 aromatic heterocycles. The summed E-state index contributed by atoms with van der Waals surface area (Å²) in [7, 11) is 0. The van der Waals surface area contributed by atoms with E-state index in [1.54, 1.807) is 18.2 Å². The normalized spacial score (nSPS) is 20.8. The Balaban J connectivity index is 1.97. The average molecular weight is 260 g/mol. The van der Waals surface area contributed by atoms with Gasteiger partial charge in [-0.25, -0.2) is 0 Å². The number of rotatable bonds is 4. The number of nitrogens with zero attached hydrogens (tertiary/aromatic N) is 2. The van der Waals surface area contributed by atoms with Crippen molar-refractivity contribution in [3.05, 3.63) is 46.0 Å². The Bertz CT molecular complexity index is 471. The van der Waals surface area contributed by atoms with Crippen LogP contribution in [0.15, 0.2) is 30.3 Å². The van der Waals surface area contributed by atoms with Crippen molar-refractivity contribution in [3.8, 4) is 0 Å². The van der Waals surface area contributed by atoms with E-state index < -0.39 is 0 Å². The number of piperidine rings is 1. The maximum absolute atomic E-state index is 10.9. The summed E-state index contributed by atoms with van der Waals surface area (Å²) in [6.07, 6.45) is 6.45. The van der Waals surface area contributed by atoms with Gasteiger partial charge in [-0.3, -0.25) is 15.0 Å². The van der Waals surface area contributed by atoms with Crippen molar-refractivity contribution in [2.24, 2.45) is 5.92 Å². The van der Waals surface area contributed by atoms with E-state index in [0.29, 0.717) is 5.56 Å². The monoisotopic (exact) mass is 260 g/mol. The van der Waals surface area contributed by atoms with E-state index >= 15 is 0 Å². The van der Waals surface area contributed by atoms with E-state index in [1.807, 2.05) is 18.2 Å². The van der Waals surface area contributed by atoms with Crippen molar-refractivity contribution >= 4 is 11.8 Å². The highest BCUT2D eigenvalue weighted by atomic mass is 16.6. The number of hydrogen-bond acceptors (Lipinski definition) is 3. The molecule has 0 aliphatic carbocycles. The van der Waals surface area contributed by atoms with Crippen molar-refractivity contribution in [1.29, 1.82) is 0 Å². The van der Waals surface area contributed by atoms with Crippen LogP contribution in [0.4, 0.5) is 5.69 Å². The Morgan fingerprint density at radius 1 is 1.47 bits per heavy atom. The summed E-state index contributed by atoms with van der Waals surface area (Å²) in [4.78, 5) is 13.0. The third-order valence-electron chi connectivity index (χ3n) is 3.54. The largest absolute Gasteiger partial charge is 0.299 e. The number of para-hydroxylation sites is 1. The SMILES string of the molecule is C[C@H]1CCCN(C/C=C/c2ccccc2[N+](=O)[O-])C1. The first kappa shape index (κ1) is 13.7. The highest BCUT2D eigenvalue weighted by molar-refractivity contribution is 5.60. The fourth-order valence-electron chi connectivity index (χ4n) is 2.58. The van der Waals surface area contributed by atoms with Gasteiger partial charge in [0.05, 0.1) is 10.5 Å². The van der Waals surface area contributed by atoms with Gasteiger partial charge in [-0.15, -0.1) is 0 Å². The Morgan fingerprint density at radius 2 is 2.26 bits per heavy atom. The Kier molecular flexibility index (Phi) is 4.68. The Hall–Kier alpha value is -1.68. The Morgan fingerprint density at radius 3 is 3.00 bits per heavy atom. The summed E-state index contributed by atoms with van der Waals surface area (Å²) in [5.74, 6) is 0.758. The lowest BCUT2D eigenvalue weighted by atomic mass is 10.0. The highest BCUT2D eigenvalue weighted by Gasteiger charge is 2.15. The fourth-order valence-corrected chi connectivity index (χ4v) is 2.58. The molecule has 0 amide bonds. The summed E-state index contributed by atoms with van der Waals surface area (Å²) >= 11 is 0. The van der Waals surface area contributed by atoms with Crippen molar-refractivity contribution in [2.75, 3.05) is 19.6 Å². The molecule has 1 heterocycles. The van der Waals surface area contributed by atoms with Crippen molar-refractivity contribution in [3.63, 3.8) is 0 Å². The topological polar surface area (TPSA) is 46.4 Å². The van der Waals surface area contributed by atoms with E-state index in [2.05, 4.69) is 11.8 Å². The zero-order chi connectivity index (χ0) is 13.7. The quantitative estimate of drug-likeness (QED) is 0.616. The van der Waals surface area contributed by atoms with Crippen molar-refractivity contribution in [2.45, 2.75) is 19.8 Å². The maximum Gasteiger partial charge on any atom is 0.276 e. The van der Waals surface area contributed by atoms with Gasteiger partial charge in [0, 0.05) is 19.2 Å². The van der Waals surface area contributed by atoms with Crippen LogP contribution >= 0.6 is 0 Å². The van der Waals surface area contributed by atoms with Crippen LogP contribution in [-0.2, 0) is 0 Å². The average Bonchev–Trinajstić information content (AvgIpc) is 2.39. The minimum Gasteiger partial charge on any atom is -0.299 e. The molecule has 2 rings (SSSR count). The summed E-state index contributed by atoms with van der Waals surface area (Å²) < 4.78 is 0. The molecule has 4 heteroatoms. The summed E-state index contributed by atoms with van der Waals surface area (Å²) in [6, 6.07) is 6.85. The first-order valence-electron chi connectivity index (χ1n) is 6.79. The van der Waals surface area contributed by atoms with Crippen molar-refractivity contribution < 1.29 is 4.92 Å². The maximum atomic E-state index is 10.9. The first-order valence-corrected chi connectivity index (χ1v) is 6.79. The molecule has 0 radical (unpaired) electrons. The molecule has 4 nitrogen and oxygen atoms in total. The molecule has 19 heavy (non-hydrogen) atoms. The molecular formula is C15H20N2O2. The van der Waals surface area contributed by atoms with Gasteiger partial charge in [-0.05, 0) is 31.4 Å². The van der Waals surface area contributed by atoms with Crippen LogP contribution < -0.4 is 0 Å². The first-order chi connectivity index (χ1) is 9.16. The lowest BCUT2D eigenvalue weighted by Gasteiger charge is -2.29. The minimum atomic E-state index is -0.331. The van der Waals surface area contributed by atoms with Gasteiger partial charge in [-0.2, -0.15) is 0 Å². The van der Waals surface area contributed by atoms with Gasteiger partial charge in [0.1, 0.15) is 0 Å². The van der Waals surface area contributed by atoms with Crippen LogP contribution in [0.25, 0.3) is 6.08 Å². The summed E-state index contributed by atoms with van der Waals surface area (Å²) in [6.45, 7) is 5.40. The molecule has 0 spiro atoms. The standard InChI is InChI=1S/C15H20N2O2/c1-13-6-4-10-16(12-13)11-5-8-14-7-2-3-9-15(14)17(18)19/h2-3,5,7-9,13H,4,6,10-12H2,1H3/b8-5+/t13-/m0/s1. The van der Waals surface area contributed by atoms with Gasteiger partial charge in [0.2, 0.25) is 0 Å². The zero-order valence-electron chi connectivity index (χ0n) is 11.3. The minimum absolute atomic E-state index is 0.172. The molecule has 0 bridgehead atoms. The molecule has 1 aromatic rings. The molecule has 0 N–H and O–H groups in total. The lowest BCUT2D eigenvalue weighted by molar-refractivity contribution is -0.385. The third-order valence-corrected chi connectivity index (χ3v) is 3.54. The zero-order valence-corrected chi connectivity index (χ0v) is 11.3. The molecule has 1 atom stereocenters. The van der Waals surface area contributed by atoms with Gasteiger partial charge in [-0.1, -0.05) is 31.2 Å². The van der Waals surface area contributed by atoms with E-state index in [9.17, 15) is 10.1 Å². The number of benzene rings is 1. The molecule has 0 unspecified atom stereocenters. The lowest BCUT2D eigenvalue weighted by Crippen LogP contribution is -2.34. The number of likely N-dealkylation sites (tertiary alicyclic amines) is 1. The van der Waals surface area contributed by atoms with Crippen LogP contribution in [-0.4, -0.2) is 29.5 Å². The van der Waals surface area contributed by atoms with Crippen LogP contribution in [0.2, 0.25) is 0 Å². The smallest absolute Gasteiger partial charge is 0.276 e. The van der Waals surface area contributed by atoms with Crippen LogP contribution in [0, 0.1) is 16.0 Å². The van der Waals surface area contributed by atoms with E-state index in [1.165, 1.54) is 12.8 Å². The predicted molar refractivity (Wildman–Crippen MR) is 77.0 cm³/mol. The van der Waals surface area contributed by atoms with Gasteiger partial charge < -0.3 is 0 Å². The van der Waals surface area contributed by atoms with Crippen LogP contribution in [0.3, 0.4) is 0 Å². The highest BCUT2D eigenvalue weighted by Crippen LogP contribution is 2.19. The van der Waals surface area contributed by atoms with Crippen LogP contribution in [0.5, 0.6) is 0 Å². The number of nitro benzene ring substituents is 1. The molecule has 1 aliphatic heterocycles. The second-order valence-electron chi connectivity index (χ2n) is 5.23. The molecule has 1 aliphatic rings. The van der Waals surface area contributed by atoms with Gasteiger partial charge >= 0.3 is 0 Å². The molecule has 1 aromatic carbocycles. The Labute approximate surface area is 113 Å². The molecule has 102 valence electrons. The molecular weight excluding hydrogens is 240 g/mol. The van der Waals surface area contributed by atoms with Gasteiger partial charge in [0.25, 0.3) is 5.69 Å². The number of hydrogen-bond donors (Lipinski definition) is 0.